The lowest BCUT2D eigenvalue weighted by molar-refractivity contribution is -0.114. The minimum absolute atomic E-state index is 0.0155. The molecule has 9 heteroatoms. The summed E-state index contributed by atoms with van der Waals surface area (Å²) in [4.78, 5) is 20.1. The molecular formula is C35H34F2N7+. The topological polar surface area (TPSA) is 107 Å². The summed E-state index contributed by atoms with van der Waals surface area (Å²) in [7, 11) is 0. The predicted molar refractivity (Wildman–Crippen MR) is 169 cm³/mol. The molecule has 2 fully saturated rings. The Morgan fingerprint density at radius 3 is 2.48 bits per heavy atom. The monoisotopic (exact) mass is 590 g/mol. The highest BCUT2D eigenvalue weighted by atomic mass is 19.3. The summed E-state index contributed by atoms with van der Waals surface area (Å²) in [5, 5.41) is 9.72. The number of fused-ring (bicyclic) bond motifs is 4. The molecule has 44 heavy (non-hydrogen) atoms. The third-order valence-corrected chi connectivity index (χ3v) is 9.54. The van der Waals surface area contributed by atoms with E-state index >= 15 is 8.78 Å². The third-order valence-electron chi connectivity index (χ3n) is 9.54. The van der Waals surface area contributed by atoms with Gasteiger partial charge in [-0.2, -0.15) is 8.78 Å². The number of nitrogens with two attached hydrogens (primary N) is 1. The van der Waals surface area contributed by atoms with Gasteiger partial charge in [-0.25, -0.2) is 9.97 Å². The van der Waals surface area contributed by atoms with Crippen LogP contribution in [-0.4, -0.2) is 38.5 Å². The van der Waals surface area contributed by atoms with E-state index in [-0.39, 0.29) is 17.2 Å². The quantitative estimate of drug-likeness (QED) is 0.101. The molecule has 2 aromatic heterocycles. The number of unbranched alkanes of at least 4 members (excludes halogenated alkanes) is 2. The van der Waals surface area contributed by atoms with Gasteiger partial charge in [-0.1, -0.05) is 48.7 Å². The maximum Gasteiger partial charge on any atom is 0.356 e. The van der Waals surface area contributed by atoms with Crippen LogP contribution in [0.2, 0.25) is 0 Å². The second kappa shape index (κ2) is 10.0. The van der Waals surface area contributed by atoms with E-state index in [2.05, 4.69) is 37.2 Å². The van der Waals surface area contributed by atoms with Gasteiger partial charge in [0.05, 0.1) is 29.0 Å². The van der Waals surface area contributed by atoms with Crippen molar-refractivity contribution in [3.8, 4) is 33.5 Å². The molecule has 7 nitrogen and oxygen atoms in total. The van der Waals surface area contributed by atoms with E-state index in [1.54, 1.807) is 30.5 Å². The van der Waals surface area contributed by atoms with Crippen LogP contribution in [-0.2, 0) is 5.92 Å². The standard InChI is InChI=1S/C35H33F2N7/c1-2-3-4-13-39-31(38)33-42-27-10-7-21(16-28(27)43-33)20-5-8-23-24-9-6-22(15-26(24)35(36,37)25(23)14-20)30-18-40-32(44-30)29-17-34(11-12-34)19-41-29/h5-10,13-16,18,29,38,41H,2-4,11-12,17,19H2,1H3,(H,40,44)(H,42,43)/p+1/t29-/m0/s1. The van der Waals surface area contributed by atoms with Gasteiger partial charge in [0.15, 0.2) is 0 Å². The SMILES string of the molecule is CCCCC=NC(=[NH2+])c1nc2ccc(-c3ccc4c(c3)C(F)(F)c3cc(-c5cnc([C@@H]6CC7(CC7)CN6)[nH]5)ccc3-4)cc2[nH]1. The lowest BCUT2D eigenvalue weighted by atomic mass is 9.98. The number of nitrogens with one attached hydrogen (secondary N) is 3. The first-order valence-electron chi connectivity index (χ1n) is 15.4. The molecule has 0 radical (unpaired) electrons. The molecule has 222 valence electrons. The predicted octanol–water partition coefficient (Wildman–Crippen LogP) is 6.32. The van der Waals surface area contributed by atoms with Crippen molar-refractivity contribution in [1.29, 1.82) is 0 Å². The van der Waals surface area contributed by atoms with Crippen LogP contribution in [0.25, 0.3) is 44.5 Å². The van der Waals surface area contributed by atoms with Crippen molar-refractivity contribution in [1.82, 2.24) is 25.3 Å². The van der Waals surface area contributed by atoms with Gasteiger partial charge in [-0.05, 0) is 77.6 Å². The molecule has 1 aliphatic heterocycles. The zero-order valence-electron chi connectivity index (χ0n) is 24.6. The summed E-state index contributed by atoms with van der Waals surface area (Å²) in [6.07, 6.45) is 10.2. The Hall–Kier alpha value is -4.50. The normalized spacial score (nSPS) is 19.2. The van der Waals surface area contributed by atoms with Crippen LogP contribution in [0.1, 0.15) is 74.3 Å². The fraction of sp³-hybridized carbons (Fsp3) is 0.314. The van der Waals surface area contributed by atoms with E-state index in [4.69, 9.17) is 5.41 Å². The number of hydrogen-bond donors (Lipinski definition) is 4. The minimum Gasteiger partial charge on any atom is -0.341 e. The van der Waals surface area contributed by atoms with Gasteiger partial charge < -0.3 is 15.3 Å². The van der Waals surface area contributed by atoms with Crippen molar-refractivity contribution in [3.05, 3.63) is 83.6 Å². The van der Waals surface area contributed by atoms with Crippen molar-refractivity contribution in [2.24, 2.45) is 10.4 Å². The van der Waals surface area contributed by atoms with Gasteiger partial charge in [0.25, 0.3) is 5.92 Å². The number of halogens is 2. The van der Waals surface area contributed by atoms with E-state index < -0.39 is 5.92 Å². The van der Waals surface area contributed by atoms with E-state index in [9.17, 15) is 0 Å². The first-order valence-corrected chi connectivity index (χ1v) is 15.4. The Morgan fingerprint density at radius 2 is 1.73 bits per heavy atom. The average molecular weight is 591 g/mol. The average Bonchev–Trinajstić information content (AvgIpc) is 3.40. The van der Waals surface area contributed by atoms with Gasteiger partial charge in [-0.3, -0.25) is 5.41 Å². The highest BCUT2D eigenvalue weighted by molar-refractivity contribution is 5.98. The maximum absolute atomic E-state index is 16.1. The molecule has 1 saturated heterocycles. The van der Waals surface area contributed by atoms with Crippen LogP contribution >= 0.6 is 0 Å². The smallest absolute Gasteiger partial charge is 0.341 e. The Balaban J connectivity index is 1.06. The van der Waals surface area contributed by atoms with Gasteiger partial charge in [0.1, 0.15) is 12.0 Å². The number of aromatic amines is 2. The van der Waals surface area contributed by atoms with Gasteiger partial charge >= 0.3 is 5.84 Å². The van der Waals surface area contributed by atoms with E-state index in [1.807, 2.05) is 36.5 Å². The molecule has 3 aliphatic rings. The molecule has 3 aromatic carbocycles. The van der Waals surface area contributed by atoms with Crippen molar-refractivity contribution >= 4 is 23.1 Å². The molecule has 0 amide bonds. The Bertz CT molecular complexity index is 1960. The number of rotatable bonds is 7. The van der Waals surface area contributed by atoms with E-state index in [0.717, 1.165) is 60.3 Å². The Morgan fingerprint density at radius 1 is 1.00 bits per heavy atom. The van der Waals surface area contributed by atoms with Crippen LogP contribution in [0.5, 0.6) is 0 Å². The molecule has 5 aromatic rings. The molecule has 5 N–H and O–H groups in total. The molecule has 8 rings (SSSR count). The lowest BCUT2D eigenvalue weighted by Crippen LogP contribution is -2.39. The molecule has 3 heterocycles. The molecule has 2 aliphatic carbocycles. The van der Waals surface area contributed by atoms with Crippen molar-refractivity contribution in [2.75, 3.05) is 6.54 Å². The maximum atomic E-state index is 16.1. The first-order chi connectivity index (χ1) is 21.3. The van der Waals surface area contributed by atoms with E-state index in [0.29, 0.717) is 39.3 Å². The van der Waals surface area contributed by atoms with E-state index in [1.165, 1.54) is 12.8 Å². The van der Waals surface area contributed by atoms with Crippen LogP contribution in [0.3, 0.4) is 0 Å². The Kier molecular flexibility index (Phi) is 6.17. The van der Waals surface area contributed by atoms with Crippen LogP contribution in [0, 0.1) is 5.41 Å². The largest absolute Gasteiger partial charge is 0.356 e. The number of alkyl halides is 2. The molecule has 1 saturated carbocycles. The number of amidine groups is 1. The Labute approximate surface area is 253 Å². The zero-order valence-corrected chi connectivity index (χ0v) is 24.6. The lowest BCUT2D eigenvalue weighted by Gasteiger charge is -2.14. The first kappa shape index (κ1) is 27.1. The third kappa shape index (κ3) is 4.49. The zero-order chi connectivity index (χ0) is 30.1. The molecule has 1 atom stereocenters. The molecular weight excluding hydrogens is 556 g/mol. The summed E-state index contributed by atoms with van der Waals surface area (Å²) in [6.45, 7) is 3.15. The van der Waals surface area contributed by atoms with Crippen LogP contribution < -0.4 is 10.7 Å². The van der Waals surface area contributed by atoms with Gasteiger partial charge in [0.2, 0.25) is 5.82 Å². The molecule has 1 spiro atoms. The summed E-state index contributed by atoms with van der Waals surface area (Å²) in [5.74, 6) is -1.44. The number of benzene rings is 3. The summed E-state index contributed by atoms with van der Waals surface area (Å²) < 4.78 is 32.2. The molecule has 0 bridgehead atoms. The number of nitrogens with zero attached hydrogens (tertiary/aromatic N) is 3. The summed E-state index contributed by atoms with van der Waals surface area (Å²) in [5.41, 5.74) is 6.09. The van der Waals surface area contributed by atoms with Crippen molar-refractivity contribution in [2.45, 2.75) is 57.4 Å². The minimum atomic E-state index is -3.13. The summed E-state index contributed by atoms with van der Waals surface area (Å²) in [6, 6.07) is 16.5. The second-order valence-corrected chi connectivity index (χ2v) is 12.6. The van der Waals surface area contributed by atoms with Crippen molar-refractivity contribution < 1.29 is 14.2 Å². The highest BCUT2D eigenvalue weighted by Crippen LogP contribution is 2.55. The van der Waals surface area contributed by atoms with Crippen molar-refractivity contribution in [3.63, 3.8) is 0 Å². The van der Waals surface area contributed by atoms with Gasteiger partial charge in [-0.15, -0.1) is 0 Å². The molecule has 0 unspecified atom stereocenters. The number of aliphatic imine (C=N–C) groups is 1. The van der Waals surface area contributed by atoms with Gasteiger partial charge in [0, 0.05) is 29.7 Å². The number of aromatic nitrogens is 4. The van der Waals surface area contributed by atoms with Crippen LogP contribution in [0.15, 0.2) is 65.8 Å². The number of imidazole rings is 2. The highest BCUT2D eigenvalue weighted by Gasteiger charge is 2.49. The fourth-order valence-electron chi connectivity index (χ4n) is 6.73. The number of hydrogen-bond acceptors (Lipinski definition) is 3. The number of H-pyrrole nitrogens is 2. The fourth-order valence-corrected chi connectivity index (χ4v) is 6.73. The van der Waals surface area contributed by atoms with Crippen LogP contribution in [0.4, 0.5) is 8.78 Å². The second-order valence-electron chi connectivity index (χ2n) is 12.6. The summed E-state index contributed by atoms with van der Waals surface area (Å²) >= 11 is 0.